The highest BCUT2D eigenvalue weighted by Gasteiger charge is 2.33. The van der Waals surface area contributed by atoms with Gasteiger partial charge in [0.25, 0.3) is 0 Å². The highest BCUT2D eigenvalue weighted by Crippen LogP contribution is 2.39. The number of ether oxygens (including phenoxy) is 1. The maximum absolute atomic E-state index is 12.7. The van der Waals surface area contributed by atoms with Crippen molar-refractivity contribution in [2.45, 2.75) is 60.2 Å². The highest BCUT2D eigenvalue weighted by atomic mass is 32.2. The van der Waals surface area contributed by atoms with Crippen LogP contribution in [-0.4, -0.2) is 67.4 Å². The summed E-state index contributed by atoms with van der Waals surface area (Å²) in [5.74, 6) is 0.525. The topological polar surface area (TPSA) is 97.5 Å². The first-order chi connectivity index (χ1) is 17.2. The van der Waals surface area contributed by atoms with Crippen molar-refractivity contribution < 1.29 is 9.53 Å². The van der Waals surface area contributed by atoms with E-state index in [1.54, 1.807) is 0 Å². The van der Waals surface area contributed by atoms with E-state index >= 15 is 0 Å². The van der Waals surface area contributed by atoms with Crippen molar-refractivity contribution in [1.29, 1.82) is 0 Å². The van der Waals surface area contributed by atoms with Crippen LogP contribution in [0.3, 0.4) is 0 Å². The highest BCUT2D eigenvalue weighted by molar-refractivity contribution is 7.99. The largest absolute Gasteiger partial charge is 0.375 e. The normalized spacial score (nSPS) is 21.1. The Kier molecular flexibility index (Phi) is 5.45. The van der Waals surface area contributed by atoms with E-state index in [4.69, 9.17) is 9.84 Å². The lowest BCUT2D eigenvalue weighted by molar-refractivity contribution is -0.121. The van der Waals surface area contributed by atoms with Crippen molar-refractivity contribution in [2.24, 2.45) is 0 Å². The summed E-state index contributed by atoms with van der Waals surface area (Å²) < 4.78 is 8.68. The number of aromatic nitrogens is 5. The summed E-state index contributed by atoms with van der Waals surface area (Å²) in [7, 11) is 0. The van der Waals surface area contributed by atoms with E-state index in [2.05, 4.69) is 37.5 Å². The molecule has 7 rings (SSSR count). The molecule has 3 aromatic heterocycles. The molecule has 11 heteroatoms. The molecular weight excluding hydrogens is 482 g/mol. The lowest BCUT2D eigenvalue weighted by Gasteiger charge is -2.32. The van der Waals surface area contributed by atoms with Crippen LogP contribution in [0.2, 0.25) is 0 Å². The quantitative estimate of drug-likeness (QED) is 0.402. The zero-order valence-corrected chi connectivity index (χ0v) is 20.7. The van der Waals surface area contributed by atoms with Gasteiger partial charge in [0.15, 0.2) is 10.8 Å². The van der Waals surface area contributed by atoms with Crippen LogP contribution >= 0.6 is 23.1 Å². The van der Waals surface area contributed by atoms with Gasteiger partial charge < -0.3 is 10.1 Å². The Hall–Kier alpha value is -2.60. The first-order valence-electron chi connectivity index (χ1n) is 12.1. The number of fused-ring (bicyclic) bond motifs is 2. The molecule has 1 amide bonds. The molecule has 0 radical (unpaired) electrons. The average Bonchev–Trinajstić information content (AvgIpc) is 3.79. The molecular formula is C24H25N7O2S2. The number of hydrogen-bond acceptors (Lipinski definition) is 9. The van der Waals surface area contributed by atoms with Crippen molar-refractivity contribution in [3.63, 3.8) is 0 Å². The maximum Gasteiger partial charge on any atom is 0.228 e. The predicted octanol–water partition coefficient (Wildman–Crippen LogP) is 3.95. The number of anilines is 1. The van der Waals surface area contributed by atoms with E-state index in [-0.39, 0.29) is 12.0 Å². The lowest BCUT2D eigenvalue weighted by atomic mass is 10.2. The van der Waals surface area contributed by atoms with Crippen LogP contribution < -0.4 is 5.32 Å². The molecule has 1 unspecified atom stereocenters. The van der Waals surface area contributed by atoms with Crippen LogP contribution in [0.15, 0.2) is 40.4 Å². The van der Waals surface area contributed by atoms with Gasteiger partial charge in [0, 0.05) is 29.9 Å². The smallest absolute Gasteiger partial charge is 0.228 e. The van der Waals surface area contributed by atoms with Gasteiger partial charge in [-0.05, 0) is 67.8 Å². The minimum Gasteiger partial charge on any atom is -0.375 e. The zero-order valence-electron chi connectivity index (χ0n) is 19.1. The van der Waals surface area contributed by atoms with Crippen molar-refractivity contribution in [3.8, 4) is 0 Å². The molecule has 1 N–H and O–H groups in total. The van der Waals surface area contributed by atoms with Crippen LogP contribution in [0.1, 0.15) is 43.7 Å². The first kappa shape index (κ1) is 21.7. The Morgan fingerprint density at radius 2 is 2.09 bits per heavy atom. The van der Waals surface area contributed by atoms with Gasteiger partial charge in [0.05, 0.1) is 35.0 Å². The average molecular weight is 508 g/mol. The Bertz CT molecular complexity index is 1410. The molecule has 2 saturated carbocycles. The van der Waals surface area contributed by atoms with Crippen LogP contribution in [0.5, 0.6) is 0 Å². The van der Waals surface area contributed by atoms with Gasteiger partial charge >= 0.3 is 0 Å². The second-order valence-electron chi connectivity index (χ2n) is 9.51. The molecule has 1 saturated heterocycles. The van der Waals surface area contributed by atoms with Gasteiger partial charge in [-0.1, -0.05) is 11.3 Å². The van der Waals surface area contributed by atoms with Crippen molar-refractivity contribution >= 4 is 50.0 Å². The van der Waals surface area contributed by atoms with Crippen molar-refractivity contribution in [2.75, 3.05) is 25.0 Å². The Labute approximate surface area is 210 Å². The molecule has 3 fully saturated rings. The van der Waals surface area contributed by atoms with Gasteiger partial charge in [-0.25, -0.2) is 4.98 Å². The molecule has 9 nitrogen and oxygen atoms in total. The fraction of sp³-hybridized carbons (Fsp3) is 0.458. The number of amides is 1. The van der Waals surface area contributed by atoms with E-state index in [1.165, 1.54) is 48.8 Å². The van der Waals surface area contributed by atoms with E-state index in [1.807, 2.05) is 22.7 Å². The summed E-state index contributed by atoms with van der Waals surface area (Å²) in [6.45, 7) is 2.52. The summed E-state index contributed by atoms with van der Waals surface area (Å²) in [5.41, 5.74) is 2.73. The molecule has 2 aliphatic carbocycles. The molecule has 1 aliphatic heterocycles. The molecule has 0 spiro atoms. The van der Waals surface area contributed by atoms with Crippen molar-refractivity contribution in [3.05, 3.63) is 36.0 Å². The second-order valence-corrected chi connectivity index (χ2v) is 11.6. The van der Waals surface area contributed by atoms with Crippen LogP contribution in [0.4, 0.5) is 5.13 Å². The molecule has 4 heterocycles. The molecule has 1 aromatic carbocycles. The van der Waals surface area contributed by atoms with Crippen LogP contribution in [0, 0.1) is 0 Å². The number of thiazole rings is 1. The summed E-state index contributed by atoms with van der Waals surface area (Å²) in [4.78, 5) is 20.8. The molecule has 180 valence electrons. The third-order valence-electron chi connectivity index (χ3n) is 6.71. The predicted molar refractivity (Wildman–Crippen MR) is 134 cm³/mol. The fourth-order valence-corrected chi connectivity index (χ4v) is 6.41. The maximum atomic E-state index is 12.7. The number of hydrogen-bond donors (Lipinski definition) is 1. The summed E-state index contributed by atoms with van der Waals surface area (Å²) in [6, 6.07) is 10.8. The Morgan fingerprint density at radius 3 is 2.94 bits per heavy atom. The molecule has 4 aromatic rings. The number of nitrogens with zero attached hydrogens (tertiary/aromatic N) is 6. The number of rotatable bonds is 7. The third-order valence-corrected chi connectivity index (χ3v) is 8.57. The van der Waals surface area contributed by atoms with Gasteiger partial charge in [-0.2, -0.15) is 9.61 Å². The van der Waals surface area contributed by atoms with Gasteiger partial charge in [-0.3, -0.25) is 9.69 Å². The fourth-order valence-electron chi connectivity index (χ4n) is 4.59. The molecule has 35 heavy (non-hydrogen) atoms. The minimum absolute atomic E-state index is 0.0474. The third kappa shape index (κ3) is 4.65. The van der Waals surface area contributed by atoms with Gasteiger partial charge in [-0.15, -0.1) is 10.2 Å². The summed E-state index contributed by atoms with van der Waals surface area (Å²) in [5, 5.41) is 17.7. The van der Waals surface area contributed by atoms with E-state index < -0.39 is 0 Å². The Balaban J connectivity index is 1.03. The summed E-state index contributed by atoms with van der Waals surface area (Å²) >= 11 is 3.01. The number of morpholine rings is 1. The van der Waals surface area contributed by atoms with Gasteiger partial charge in [0.1, 0.15) is 0 Å². The van der Waals surface area contributed by atoms with E-state index in [0.717, 1.165) is 44.7 Å². The SMILES string of the molecule is O=C(CC1CN(C2CC2)CCO1)Nc1nc2ccc(Sc3nnc4ccc(C5CC5)nn34)cc2s1. The summed E-state index contributed by atoms with van der Waals surface area (Å²) in [6.07, 6.45) is 5.27. The monoisotopic (exact) mass is 507 g/mol. The van der Waals surface area contributed by atoms with Crippen LogP contribution in [0.25, 0.3) is 15.9 Å². The Morgan fingerprint density at radius 1 is 1.17 bits per heavy atom. The molecule has 1 atom stereocenters. The standard InChI is InChI=1S/C24H25N7O2S2/c32-22(11-16-13-30(9-10-33-16)15-3-4-15)26-23-25-19-6-5-17(12-20(19)35-23)34-24-28-27-21-8-7-18(14-1-2-14)29-31(21)24/h5-8,12,14-16H,1-4,9-11,13H2,(H,25,26,32). The zero-order chi connectivity index (χ0) is 23.4. The van der Waals surface area contributed by atoms with Crippen molar-refractivity contribution in [1.82, 2.24) is 29.7 Å². The number of nitrogens with one attached hydrogen (secondary N) is 1. The first-order valence-corrected chi connectivity index (χ1v) is 13.8. The molecule has 0 bridgehead atoms. The number of benzene rings is 1. The van der Waals surface area contributed by atoms with E-state index in [9.17, 15) is 4.79 Å². The number of carbonyl (C=O) groups is 1. The minimum atomic E-state index is -0.0475. The molecule has 3 aliphatic rings. The number of carbonyl (C=O) groups excluding carboxylic acids is 1. The van der Waals surface area contributed by atoms with E-state index in [0.29, 0.717) is 30.1 Å². The second kappa shape index (κ2) is 8.81. The lowest BCUT2D eigenvalue weighted by Crippen LogP contribution is -2.44. The van der Waals surface area contributed by atoms with Crippen LogP contribution in [-0.2, 0) is 9.53 Å². The van der Waals surface area contributed by atoms with Gasteiger partial charge in [0.2, 0.25) is 11.1 Å².